The van der Waals surface area contributed by atoms with E-state index in [1.165, 1.54) is 44.5 Å². The van der Waals surface area contributed by atoms with Crippen LogP contribution < -0.4 is 4.90 Å². The monoisotopic (exact) mass is 290 g/mol. The molecule has 108 valence electrons. The first-order valence-electron chi connectivity index (χ1n) is 8.05. The Morgan fingerprint density at radius 1 is 0.950 bits per heavy atom. The fourth-order valence-corrected chi connectivity index (χ4v) is 4.92. The van der Waals surface area contributed by atoms with Gasteiger partial charge in [0.25, 0.3) is 0 Å². The van der Waals surface area contributed by atoms with Crippen LogP contribution in [-0.2, 0) is 0 Å². The highest BCUT2D eigenvalue weighted by atomic mass is 35.5. The number of hydrogen-bond acceptors (Lipinski definition) is 2. The van der Waals surface area contributed by atoms with Crippen LogP contribution in [0.1, 0.15) is 25.7 Å². The third-order valence-electron chi connectivity index (χ3n) is 5.68. The summed E-state index contributed by atoms with van der Waals surface area (Å²) in [5.74, 6) is 2.05. The summed E-state index contributed by atoms with van der Waals surface area (Å²) >= 11 is 6.32. The lowest BCUT2D eigenvalue weighted by Crippen LogP contribution is -2.51. The van der Waals surface area contributed by atoms with E-state index >= 15 is 0 Å². The van der Waals surface area contributed by atoms with Gasteiger partial charge < -0.3 is 4.90 Å². The maximum absolute atomic E-state index is 6.32. The number of hydrogen-bond donors (Lipinski definition) is 0. The number of anilines is 1. The average molecular weight is 291 g/mol. The lowest BCUT2D eigenvalue weighted by Gasteiger charge is -2.42. The number of para-hydroxylation sites is 1. The lowest BCUT2D eigenvalue weighted by atomic mass is 9.93. The summed E-state index contributed by atoms with van der Waals surface area (Å²) in [6.45, 7) is 4.66. The Balaban J connectivity index is 1.40. The Morgan fingerprint density at radius 2 is 1.75 bits per heavy atom. The maximum Gasteiger partial charge on any atom is 0.0639 e. The molecule has 0 unspecified atom stereocenters. The molecule has 0 spiro atoms. The van der Waals surface area contributed by atoms with Crippen molar-refractivity contribution in [1.82, 2.24) is 4.90 Å². The second kappa shape index (κ2) is 5.23. The van der Waals surface area contributed by atoms with Crippen LogP contribution in [-0.4, -0.2) is 37.1 Å². The van der Waals surface area contributed by atoms with Crippen molar-refractivity contribution in [3.8, 4) is 0 Å². The minimum Gasteiger partial charge on any atom is -0.368 e. The van der Waals surface area contributed by atoms with E-state index in [4.69, 9.17) is 11.6 Å². The molecule has 3 atom stereocenters. The summed E-state index contributed by atoms with van der Waals surface area (Å²) < 4.78 is 0. The molecule has 2 nitrogen and oxygen atoms in total. The minimum atomic E-state index is 0.890. The Bertz CT molecular complexity index is 482. The third-order valence-corrected chi connectivity index (χ3v) is 6.00. The molecule has 1 saturated heterocycles. The van der Waals surface area contributed by atoms with Crippen molar-refractivity contribution < 1.29 is 0 Å². The fourth-order valence-electron chi connectivity index (χ4n) is 4.66. The summed E-state index contributed by atoms with van der Waals surface area (Å²) in [7, 11) is 0. The zero-order valence-electron chi connectivity index (χ0n) is 12.0. The van der Waals surface area contributed by atoms with Gasteiger partial charge >= 0.3 is 0 Å². The molecule has 0 radical (unpaired) electrons. The molecule has 2 bridgehead atoms. The molecule has 2 aliphatic carbocycles. The maximum atomic E-state index is 6.32. The summed E-state index contributed by atoms with van der Waals surface area (Å²) in [6, 6.07) is 9.14. The molecule has 4 rings (SSSR count). The van der Waals surface area contributed by atoms with Crippen LogP contribution in [0.15, 0.2) is 24.3 Å². The molecule has 1 aromatic carbocycles. The SMILES string of the molecule is Clc1ccccc1N1CCN([C@H]2C[C@H]3CC[C@H]2C3)CC1. The van der Waals surface area contributed by atoms with Gasteiger partial charge in [-0.2, -0.15) is 0 Å². The largest absolute Gasteiger partial charge is 0.368 e. The van der Waals surface area contributed by atoms with Crippen LogP contribution >= 0.6 is 11.6 Å². The molecule has 1 aromatic rings. The van der Waals surface area contributed by atoms with Gasteiger partial charge in [0.05, 0.1) is 10.7 Å². The normalized spacial score (nSPS) is 33.9. The van der Waals surface area contributed by atoms with Gasteiger partial charge in [0.15, 0.2) is 0 Å². The molecule has 0 aromatic heterocycles. The van der Waals surface area contributed by atoms with Gasteiger partial charge in [0.1, 0.15) is 0 Å². The number of fused-ring (bicyclic) bond motifs is 2. The molecular weight excluding hydrogens is 268 g/mol. The van der Waals surface area contributed by atoms with E-state index in [0.717, 1.165) is 36.0 Å². The van der Waals surface area contributed by atoms with Crippen molar-refractivity contribution in [3.05, 3.63) is 29.3 Å². The van der Waals surface area contributed by atoms with Crippen LogP contribution in [0.4, 0.5) is 5.69 Å². The Morgan fingerprint density at radius 3 is 2.40 bits per heavy atom. The fraction of sp³-hybridized carbons (Fsp3) is 0.647. The minimum absolute atomic E-state index is 0.890. The topological polar surface area (TPSA) is 6.48 Å². The van der Waals surface area contributed by atoms with Gasteiger partial charge in [-0.1, -0.05) is 30.2 Å². The molecule has 3 fully saturated rings. The van der Waals surface area contributed by atoms with Crippen molar-refractivity contribution >= 4 is 17.3 Å². The summed E-state index contributed by atoms with van der Waals surface area (Å²) in [5, 5.41) is 0.890. The van der Waals surface area contributed by atoms with Gasteiger partial charge in [-0.15, -0.1) is 0 Å². The molecule has 0 N–H and O–H groups in total. The van der Waals surface area contributed by atoms with Crippen LogP contribution in [0.25, 0.3) is 0 Å². The first kappa shape index (κ1) is 13.0. The molecule has 20 heavy (non-hydrogen) atoms. The predicted octanol–water partition coefficient (Wildman–Crippen LogP) is 3.65. The number of halogens is 1. The van der Waals surface area contributed by atoms with Crippen molar-refractivity contribution in [2.75, 3.05) is 31.1 Å². The summed E-state index contributed by atoms with van der Waals surface area (Å²) in [6.07, 6.45) is 5.97. The number of nitrogens with zero attached hydrogens (tertiary/aromatic N) is 2. The molecule has 3 heteroatoms. The average Bonchev–Trinajstić information content (AvgIpc) is 3.11. The van der Waals surface area contributed by atoms with Crippen LogP contribution in [0.2, 0.25) is 5.02 Å². The van der Waals surface area contributed by atoms with Crippen molar-refractivity contribution in [2.45, 2.75) is 31.7 Å². The highest BCUT2D eigenvalue weighted by molar-refractivity contribution is 6.33. The Kier molecular flexibility index (Phi) is 3.39. The zero-order chi connectivity index (χ0) is 13.5. The van der Waals surface area contributed by atoms with E-state index in [0.29, 0.717) is 0 Å². The van der Waals surface area contributed by atoms with Crippen LogP contribution in [0.3, 0.4) is 0 Å². The molecule has 3 aliphatic rings. The van der Waals surface area contributed by atoms with Gasteiger partial charge in [-0.3, -0.25) is 4.90 Å². The lowest BCUT2D eigenvalue weighted by molar-refractivity contribution is 0.135. The van der Waals surface area contributed by atoms with E-state index in [1.807, 2.05) is 12.1 Å². The van der Waals surface area contributed by atoms with Crippen LogP contribution in [0.5, 0.6) is 0 Å². The smallest absolute Gasteiger partial charge is 0.0639 e. The number of benzene rings is 1. The van der Waals surface area contributed by atoms with Gasteiger partial charge in [-0.05, 0) is 43.2 Å². The summed E-state index contributed by atoms with van der Waals surface area (Å²) in [4.78, 5) is 5.21. The number of rotatable bonds is 2. The van der Waals surface area contributed by atoms with Crippen molar-refractivity contribution in [3.63, 3.8) is 0 Å². The predicted molar refractivity (Wildman–Crippen MR) is 84.5 cm³/mol. The van der Waals surface area contributed by atoms with E-state index in [2.05, 4.69) is 21.9 Å². The van der Waals surface area contributed by atoms with Crippen molar-refractivity contribution in [2.24, 2.45) is 11.8 Å². The standard InChI is InChI=1S/C17H23ClN2/c18-15-3-1-2-4-16(15)19-7-9-20(10-8-19)17-12-13-5-6-14(17)11-13/h1-4,13-14,17H,5-12H2/t13-,14-,17-/m0/s1. The molecule has 1 heterocycles. The molecular formula is C17H23ClN2. The quantitative estimate of drug-likeness (QED) is 0.820. The van der Waals surface area contributed by atoms with E-state index < -0.39 is 0 Å². The summed E-state index contributed by atoms with van der Waals surface area (Å²) in [5.41, 5.74) is 1.21. The van der Waals surface area contributed by atoms with Crippen molar-refractivity contribution in [1.29, 1.82) is 0 Å². The van der Waals surface area contributed by atoms with E-state index in [1.54, 1.807) is 0 Å². The second-order valence-corrected chi connectivity index (χ2v) is 7.12. The van der Waals surface area contributed by atoms with E-state index in [9.17, 15) is 0 Å². The molecule has 0 amide bonds. The Labute approximate surface area is 126 Å². The highest BCUT2D eigenvalue weighted by Crippen LogP contribution is 2.46. The van der Waals surface area contributed by atoms with Crippen LogP contribution in [0, 0.1) is 11.8 Å². The van der Waals surface area contributed by atoms with Gasteiger partial charge in [0.2, 0.25) is 0 Å². The highest BCUT2D eigenvalue weighted by Gasteiger charge is 2.42. The Hall–Kier alpha value is -0.730. The first-order valence-corrected chi connectivity index (χ1v) is 8.42. The molecule has 2 saturated carbocycles. The second-order valence-electron chi connectivity index (χ2n) is 6.72. The molecule has 1 aliphatic heterocycles. The third kappa shape index (κ3) is 2.23. The number of piperazine rings is 1. The first-order chi connectivity index (χ1) is 9.81. The van der Waals surface area contributed by atoms with Gasteiger partial charge in [0, 0.05) is 32.2 Å². The van der Waals surface area contributed by atoms with E-state index in [-0.39, 0.29) is 0 Å². The zero-order valence-corrected chi connectivity index (χ0v) is 12.7. The van der Waals surface area contributed by atoms with Gasteiger partial charge in [-0.25, -0.2) is 0 Å².